The number of quaternary nitrogens is 1. The van der Waals surface area contributed by atoms with Gasteiger partial charge >= 0.3 is 0 Å². The van der Waals surface area contributed by atoms with E-state index in [0.717, 1.165) is 56.1 Å². The number of hydrogen-bond donors (Lipinski definition) is 2. The van der Waals surface area contributed by atoms with Gasteiger partial charge in [-0.2, -0.15) is 0 Å². The van der Waals surface area contributed by atoms with E-state index in [9.17, 15) is 9.90 Å². The van der Waals surface area contributed by atoms with Crippen LogP contribution in [0.1, 0.15) is 35.1 Å². The molecular formula is C21H30N3O2+. The molecule has 0 saturated carbocycles. The Morgan fingerprint density at radius 3 is 2.54 bits per heavy atom. The van der Waals surface area contributed by atoms with Crippen LogP contribution >= 0.6 is 0 Å². The summed E-state index contributed by atoms with van der Waals surface area (Å²) < 4.78 is 2.25. The Kier molecular flexibility index (Phi) is 5.67. The van der Waals surface area contributed by atoms with Gasteiger partial charge in [-0.25, -0.2) is 0 Å². The third-order valence-electron chi connectivity index (χ3n) is 5.42. The first kappa shape index (κ1) is 18.5. The zero-order valence-corrected chi connectivity index (χ0v) is 16.1. The van der Waals surface area contributed by atoms with Gasteiger partial charge in [0, 0.05) is 23.5 Å². The highest BCUT2D eigenvalue weighted by atomic mass is 16.3. The molecule has 1 aromatic heterocycles. The van der Waals surface area contributed by atoms with Gasteiger partial charge in [-0.3, -0.25) is 4.79 Å². The number of nitrogens with zero attached hydrogens (tertiary/aromatic N) is 2. The number of hydrogen-bond acceptors (Lipinski definition) is 3. The van der Waals surface area contributed by atoms with Gasteiger partial charge in [0.05, 0.1) is 31.9 Å². The van der Waals surface area contributed by atoms with E-state index in [1.165, 1.54) is 10.6 Å². The van der Waals surface area contributed by atoms with E-state index in [1.54, 1.807) is 6.07 Å². The summed E-state index contributed by atoms with van der Waals surface area (Å²) in [4.78, 5) is 16.3. The van der Waals surface area contributed by atoms with Gasteiger partial charge in [0.15, 0.2) is 0 Å². The average molecular weight is 356 g/mol. The Bertz CT molecular complexity index is 774. The van der Waals surface area contributed by atoms with Crippen molar-refractivity contribution in [1.82, 2.24) is 4.57 Å². The number of benzene rings is 1. The molecule has 2 N–H and O–H groups in total. The molecule has 1 fully saturated rings. The molecule has 5 heteroatoms. The van der Waals surface area contributed by atoms with Gasteiger partial charge in [-0.1, -0.05) is 19.1 Å². The van der Waals surface area contributed by atoms with Crippen molar-refractivity contribution in [1.29, 1.82) is 0 Å². The highest BCUT2D eigenvalue weighted by Gasteiger charge is 2.25. The third kappa shape index (κ3) is 3.78. The molecule has 1 saturated heterocycles. The molecule has 140 valence electrons. The molecule has 2 aromatic rings. The van der Waals surface area contributed by atoms with Crippen molar-refractivity contribution in [3.8, 4) is 5.75 Å². The summed E-state index contributed by atoms with van der Waals surface area (Å²) in [6.07, 6.45) is 1.07. The Morgan fingerprint density at radius 2 is 1.88 bits per heavy atom. The minimum absolute atomic E-state index is 0.242. The number of aromatic nitrogens is 1. The summed E-state index contributed by atoms with van der Waals surface area (Å²) >= 11 is 0. The van der Waals surface area contributed by atoms with E-state index in [2.05, 4.69) is 30.2 Å². The minimum Gasteiger partial charge on any atom is -0.506 e. The van der Waals surface area contributed by atoms with Gasteiger partial charge in [0.25, 0.3) is 0 Å². The second-order valence-electron chi connectivity index (χ2n) is 7.26. The lowest BCUT2D eigenvalue weighted by Crippen LogP contribution is -3.15. The number of nitrogens with one attached hydrogen (secondary N) is 1. The normalized spacial score (nSPS) is 15.4. The Labute approximate surface area is 155 Å². The first-order chi connectivity index (χ1) is 12.5. The van der Waals surface area contributed by atoms with Crippen LogP contribution in [0.2, 0.25) is 0 Å². The van der Waals surface area contributed by atoms with Crippen LogP contribution in [0, 0.1) is 13.8 Å². The lowest BCUT2D eigenvalue weighted by atomic mass is 10.1. The molecule has 1 aromatic carbocycles. The van der Waals surface area contributed by atoms with Crippen LogP contribution in [0.3, 0.4) is 0 Å². The SMILES string of the molecule is CCCn1c(C)cc(C(=O)C[NH+]2CCN(c3ccccc3O)CC2)c1C. The van der Waals surface area contributed by atoms with E-state index < -0.39 is 0 Å². The summed E-state index contributed by atoms with van der Waals surface area (Å²) in [7, 11) is 0. The molecule has 3 rings (SSSR count). The zero-order chi connectivity index (χ0) is 18.7. The molecule has 26 heavy (non-hydrogen) atoms. The number of anilines is 1. The van der Waals surface area contributed by atoms with Crippen molar-refractivity contribution in [3.05, 3.63) is 47.3 Å². The standard InChI is InChI=1S/C21H29N3O2/c1-4-9-24-16(2)14-18(17(24)3)21(26)15-22-10-12-23(13-11-22)19-7-5-6-8-20(19)25/h5-8,14,25H,4,9-13,15H2,1-3H3/p+1. The van der Waals surface area contributed by atoms with Gasteiger partial charge in [-0.05, 0) is 38.5 Å². The van der Waals surface area contributed by atoms with Crippen molar-refractivity contribution < 1.29 is 14.8 Å². The molecule has 0 unspecified atom stereocenters. The van der Waals surface area contributed by atoms with Crippen LogP contribution in [0.15, 0.2) is 30.3 Å². The Morgan fingerprint density at radius 1 is 1.19 bits per heavy atom. The number of para-hydroxylation sites is 2. The largest absolute Gasteiger partial charge is 0.506 e. The van der Waals surface area contributed by atoms with E-state index >= 15 is 0 Å². The van der Waals surface area contributed by atoms with E-state index in [-0.39, 0.29) is 5.78 Å². The monoisotopic (exact) mass is 356 g/mol. The Balaban J connectivity index is 1.60. The quantitative estimate of drug-likeness (QED) is 0.776. The van der Waals surface area contributed by atoms with E-state index in [1.807, 2.05) is 24.3 Å². The number of rotatable bonds is 6. The molecule has 0 aliphatic carbocycles. The number of piperazine rings is 1. The zero-order valence-electron chi connectivity index (χ0n) is 16.1. The van der Waals surface area contributed by atoms with E-state index in [4.69, 9.17) is 0 Å². The molecule has 0 bridgehead atoms. The second-order valence-corrected chi connectivity index (χ2v) is 7.26. The summed E-state index contributed by atoms with van der Waals surface area (Å²) in [5.41, 5.74) is 4.04. The number of phenols is 1. The third-order valence-corrected chi connectivity index (χ3v) is 5.42. The summed E-state index contributed by atoms with van der Waals surface area (Å²) in [6, 6.07) is 9.52. The topological polar surface area (TPSA) is 49.9 Å². The highest BCUT2D eigenvalue weighted by Crippen LogP contribution is 2.26. The summed E-state index contributed by atoms with van der Waals surface area (Å²) in [5, 5.41) is 10.0. The van der Waals surface area contributed by atoms with E-state index in [0.29, 0.717) is 12.3 Å². The highest BCUT2D eigenvalue weighted by molar-refractivity contribution is 5.98. The van der Waals surface area contributed by atoms with Crippen molar-refractivity contribution in [2.45, 2.75) is 33.7 Å². The van der Waals surface area contributed by atoms with Gasteiger partial charge in [-0.15, -0.1) is 0 Å². The van der Waals surface area contributed by atoms with Crippen LogP contribution in [0.4, 0.5) is 5.69 Å². The molecule has 1 aliphatic rings. The summed E-state index contributed by atoms with van der Waals surface area (Å²) in [5.74, 6) is 0.571. The minimum atomic E-state index is 0.242. The fraction of sp³-hybridized carbons (Fsp3) is 0.476. The first-order valence-electron chi connectivity index (χ1n) is 9.57. The lowest BCUT2D eigenvalue weighted by molar-refractivity contribution is -0.892. The molecule has 0 spiro atoms. The first-order valence-corrected chi connectivity index (χ1v) is 9.57. The predicted molar refractivity (Wildman–Crippen MR) is 104 cm³/mol. The van der Waals surface area contributed by atoms with Crippen molar-refractivity contribution in [2.24, 2.45) is 0 Å². The molecule has 1 aliphatic heterocycles. The van der Waals surface area contributed by atoms with Gasteiger partial charge in [0.1, 0.15) is 12.3 Å². The fourth-order valence-corrected chi connectivity index (χ4v) is 3.95. The number of carbonyl (C=O) groups is 1. The maximum Gasteiger partial charge on any atom is 0.218 e. The average Bonchev–Trinajstić information content (AvgIpc) is 2.92. The Hall–Kier alpha value is -2.27. The number of aromatic hydroxyl groups is 1. The number of Topliss-reactive ketones (excluding diaryl/α,β-unsaturated/α-hetero) is 1. The van der Waals surface area contributed by atoms with Crippen molar-refractivity contribution >= 4 is 11.5 Å². The molecule has 2 heterocycles. The van der Waals surface area contributed by atoms with Crippen LogP contribution in [0.5, 0.6) is 5.75 Å². The molecule has 5 nitrogen and oxygen atoms in total. The maximum atomic E-state index is 12.8. The molecule has 0 amide bonds. The van der Waals surface area contributed by atoms with Crippen LogP contribution in [-0.4, -0.2) is 48.2 Å². The molecular weight excluding hydrogens is 326 g/mol. The van der Waals surface area contributed by atoms with Crippen molar-refractivity contribution in [2.75, 3.05) is 37.6 Å². The fourth-order valence-electron chi connectivity index (χ4n) is 3.95. The number of phenolic OH excluding ortho intramolecular Hbond substituents is 1. The van der Waals surface area contributed by atoms with Crippen LogP contribution in [0.25, 0.3) is 0 Å². The number of ketones is 1. The second kappa shape index (κ2) is 7.96. The lowest BCUT2D eigenvalue weighted by Gasteiger charge is -2.33. The predicted octanol–water partition coefficient (Wildman–Crippen LogP) is 1.81. The maximum absolute atomic E-state index is 12.8. The summed E-state index contributed by atoms with van der Waals surface area (Å²) in [6.45, 7) is 11.3. The van der Waals surface area contributed by atoms with Gasteiger partial charge in [0.2, 0.25) is 5.78 Å². The molecule has 0 radical (unpaired) electrons. The van der Waals surface area contributed by atoms with Crippen molar-refractivity contribution in [3.63, 3.8) is 0 Å². The number of aryl methyl sites for hydroxylation is 1. The van der Waals surface area contributed by atoms with Crippen LogP contribution < -0.4 is 9.80 Å². The van der Waals surface area contributed by atoms with Crippen LogP contribution in [-0.2, 0) is 6.54 Å². The number of carbonyl (C=O) groups excluding carboxylic acids is 1. The van der Waals surface area contributed by atoms with Gasteiger partial charge < -0.3 is 19.5 Å². The molecule has 0 atom stereocenters. The smallest absolute Gasteiger partial charge is 0.218 e.